The maximum absolute atomic E-state index is 12.5. The quantitative estimate of drug-likeness (QED) is 0.613. The van der Waals surface area contributed by atoms with Crippen molar-refractivity contribution in [2.24, 2.45) is 0 Å². The minimum Gasteiger partial charge on any atom is -0.491 e. The second-order valence-electron chi connectivity index (χ2n) is 6.87. The van der Waals surface area contributed by atoms with Gasteiger partial charge in [0.2, 0.25) is 5.91 Å². The minimum absolute atomic E-state index is 0.0892. The molecule has 0 saturated carbocycles. The van der Waals surface area contributed by atoms with Crippen molar-refractivity contribution in [3.63, 3.8) is 0 Å². The average molecular weight is 396 g/mol. The third kappa shape index (κ3) is 4.53. The minimum atomic E-state index is -0.738. The third-order valence-corrected chi connectivity index (χ3v) is 4.39. The van der Waals surface area contributed by atoms with E-state index in [-0.39, 0.29) is 18.6 Å². The van der Waals surface area contributed by atoms with Gasteiger partial charge in [0.1, 0.15) is 12.3 Å². The lowest BCUT2D eigenvalue weighted by Gasteiger charge is -2.13. The first-order valence-electron chi connectivity index (χ1n) is 9.51. The number of aromatic nitrogens is 3. The zero-order valence-electron chi connectivity index (χ0n) is 16.7. The van der Waals surface area contributed by atoms with Gasteiger partial charge in [0.25, 0.3) is 0 Å². The topological polar surface area (TPSA) is 95.2 Å². The lowest BCUT2D eigenvalue weighted by molar-refractivity contribution is -0.121. The molecule has 2 aromatic heterocycles. The Bertz CT molecular complexity index is 1130. The summed E-state index contributed by atoms with van der Waals surface area (Å²) in [6.45, 7) is 6.05. The molecule has 8 nitrogen and oxygen atoms in total. The van der Waals surface area contributed by atoms with E-state index in [2.05, 4.69) is 10.3 Å². The van der Waals surface area contributed by atoms with Crippen molar-refractivity contribution in [2.45, 2.75) is 46.5 Å². The van der Waals surface area contributed by atoms with E-state index >= 15 is 0 Å². The highest BCUT2D eigenvalue weighted by Crippen LogP contribution is 2.13. The number of carbonyl (C=O) groups excluding carboxylic acids is 1. The lowest BCUT2D eigenvalue weighted by Crippen LogP contribution is -2.43. The van der Waals surface area contributed by atoms with Crippen LogP contribution in [0.5, 0.6) is 5.75 Å². The normalized spacial score (nSPS) is 11.0. The summed E-state index contributed by atoms with van der Waals surface area (Å²) < 4.78 is 8.08. The van der Waals surface area contributed by atoms with Crippen molar-refractivity contribution < 1.29 is 9.53 Å². The molecule has 1 amide bonds. The van der Waals surface area contributed by atoms with Gasteiger partial charge in [-0.2, -0.15) is 0 Å². The van der Waals surface area contributed by atoms with Crippen LogP contribution in [0.2, 0.25) is 0 Å². The highest BCUT2D eigenvalue weighted by molar-refractivity contribution is 5.78. The van der Waals surface area contributed by atoms with Gasteiger partial charge in [-0.3, -0.25) is 23.5 Å². The molecule has 0 radical (unpaired) electrons. The van der Waals surface area contributed by atoms with E-state index in [1.165, 1.54) is 9.13 Å². The number of hydrogen-bond acceptors (Lipinski definition) is 5. The summed E-state index contributed by atoms with van der Waals surface area (Å²) in [7, 11) is 0. The molecule has 0 aliphatic heterocycles. The number of amides is 1. The molecule has 3 aromatic rings. The van der Waals surface area contributed by atoms with Crippen LogP contribution in [0.4, 0.5) is 0 Å². The molecular weight excluding hydrogens is 372 g/mol. The number of rotatable bonds is 7. The summed E-state index contributed by atoms with van der Waals surface area (Å²) in [5.74, 6) is 0.394. The lowest BCUT2D eigenvalue weighted by atomic mass is 10.2. The fourth-order valence-corrected chi connectivity index (χ4v) is 3.05. The number of nitrogens with one attached hydrogen (secondary N) is 1. The highest BCUT2D eigenvalue weighted by atomic mass is 16.5. The standard InChI is InChI=1S/C21H24N4O4/c1-4-24-19-17(6-5-11-22-19)25(21(28)20(24)27)13-18(26)23-12-15-7-9-16(10-8-15)29-14(2)3/h5-11,14H,4,12-13H2,1-3H3,(H,23,26). The fraction of sp³-hybridized carbons (Fsp3) is 0.333. The van der Waals surface area contributed by atoms with E-state index in [1.807, 2.05) is 38.1 Å². The van der Waals surface area contributed by atoms with E-state index < -0.39 is 11.1 Å². The number of carbonyl (C=O) groups is 1. The van der Waals surface area contributed by atoms with Gasteiger partial charge in [0.05, 0.1) is 11.6 Å². The Morgan fingerprint density at radius 3 is 2.45 bits per heavy atom. The Hall–Kier alpha value is -3.42. The van der Waals surface area contributed by atoms with Gasteiger partial charge in [-0.1, -0.05) is 12.1 Å². The molecule has 3 rings (SSSR count). The molecule has 1 aromatic carbocycles. The van der Waals surface area contributed by atoms with Gasteiger partial charge in [-0.25, -0.2) is 4.98 Å². The molecule has 2 heterocycles. The summed E-state index contributed by atoms with van der Waals surface area (Å²) in [4.78, 5) is 41.5. The van der Waals surface area contributed by atoms with Crippen molar-refractivity contribution in [3.8, 4) is 5.75 Å². The predicted molar refractivity (Wildman–Crippen MR) is 110 cm³/mol. The summed E-state index contributed by atoms with van der Waals surface area (Å²) in [5, 5.41) is 2.78. The van der Waals surface area contributed by atoms with Crippen LogP contribution in [0.3, 0.4) is 0 Å². The van der Waals surface area contributed by atoms with Crippen molar-refractivity contribution in [2.75, 3.05) is 0 Å². The molecule has 0 bridgehead atoms. The maximum Gasteiger partial charge on any atom is 0.318 e. The van der Waals surface area contributed by atoms with Crippen LogP contribution in [0.25, 0.3) is 11.2 Å². The van der Waals surface area contributed by atoms with Crippen molar-refractivity contribution in [3.05, 3.63) is 68.9 Å². The van der Waals surface area contributed by atoms with Gasteiger partial charge >= 0.3 is 11.1 Å². The van der Waals surface area contributed by atoms with Crippen LogP contribution in [0, 0.1) is 0 Å². The molecule has 0 aliphatic rings. The number of ether oxygens (including phenoxy) is 1. The van der Waals surface area contributed by atoms with Crippen molar-refractivity contribution >= 4 is 17.1 Å². The molecule has 0 atom stereocenters. The zero-order chi connectivity index (χ0) is 21.0. The van der Waals surface area contributed by atoms with Crippen LogP contribution in [0.15, 0.2) is 52.2 Å². The first kappa shape index (κ1) is 20.3. The molecular formula is C21H24N4O4. The van der Waals surface area contributed by atoms with Crippen molar-refractivity contribution in [1.82, 2.24) is 19.4 Å². The first-order valence-corrected chi connectivity index (χ1v) is 9.51. The SMILES string of the molecule is CCn1c(=O)c(=O)n(CC(=O)NCc2ccc(OC(C)C)cc2)c2cccnc21. The highest BCUT2D eigenvalue weighted by Gasteiger charge is 2.15. The fourth-order valence-electron chi connectivity index (χ4n) is 3.05. The predicted octanol–water partition coefficient (Wildman–Crippen LogP) is 1.68. The maximum atomic E-state index is 12.5. The average Bonchev–Trinajstić information content (AvgIpc) is 2.71. The molecule has 1 N–H and O–H groups in total. The number of hydrogen-bond donors (Lipinski definition) is 1. The largest absolute Gasteiger partial charge is 0.491 e. The van der Waals surface area contributed by atoms with E-state index in [1.54, 1.807) is 25.3 Å². The Morgan fingerprint density at radius 1 is 1.10 bits per heavy atom. The monoisotopic (exact) mass is 396 g/mol. The Labute approximate surface area is 167 Å². The summed E-state index contributed by atoms with van der Waals surface area (Å²) in [5.41, 5.74) is 0.303. The number of aryl methyl sites for hydroxylation is 1. The summed E-state index contributed by atoms with van der Waals surface area (Å²) >= 11 is 0. The summed E-state index contributed by atoms with van der Waals surface area (Å²) in [6, 6.07) is 10.8. The van der Waals surface area contributed by atoms with Gasteiger partial charge in [-0.05, 0) is 50.6 Å². The van der Waals surface area contributed by atoms with Crippen LogP contribution >= 0.6 is 0 Å². The molecule has 0 spiro atoms. The molecule has 0 fully saturated rings. The van der Waals surface area contributed by atoms with Gasteiger partial charge in [0, 0.05) is 19.3 Å². The van der Waals surface area contributed by atoms with E-state index in [4.69, 9.17) is 4.74 Å². The molecule has 0 saturated heterocycles. The smallest absolute Gasteiger partial charge is 0.318 e. The van der Waals surface area contributed by atoms with Crippen LogP contribution in [0.1, 0.15) is 26.3 Å². The second kappa shape index (κ2) is 8.72. The number of pyridine rings is 1. The zero-order valence-corrected chi connectivity index (χ0v) is 16.7. The Kier molecular flexibility index (Phi) is 6.11. The van der Waals surface area contributed by atoms with Crippen LogP contribution < -0.4 is 21.2 Å². The molecule has 8 heteroatoms. The number of nitrogens with zero attached hydrogens (tertiary/aromatic N) is 3. The molecule has 152 valence electrons. The van der Waals surface area contributed by atoms with Crippen LogP contribution in [-0.2, 0) is 24.4 Å². The van der Waals surface area contributed by atoms with E-state index in [9.17, 15) is 14.4 Å². The van der Waals surface area contributed by atoms with Crippen LogP contribution in [-0.4, -0.2) is 26.1 Å². The van der Waals surface area contributed by atoms with Gasteiger partial charge in [-0.15, -0.1) is 0 Å². The van der Waals surface area contributed by atoms with E-state index in [0.29, 0.717) is 24.3 Å². The number of fused-ring (bicyclic) bond motifs is 1. The van der Waals surface area contributed by atoms with Gasteiger partial charge in [0.15, 0.2) is 5.65 Å². The first-order chi connectivity index (χ1) is 13.9. The Balaban J connectivity index is 1.76. The second-order valence-corrected chi connectivity index (χ2v) is 6.87. The summed E-state index contributed by atoms with van der Waals surface area (Å²) in [6.07, 6.45) is 1.64. The molecule has 29 heavy (non-hydrogen) atoms. The van der Waals surface area contributed by atoms with E-state index in [0.717, 1.165) is 11.3 Å². The molecule has 0 aliphatic carbocycles. The number of benzene rings is 1. The molecule has 0 unspecified atom stereocenters. The van der Waals surface area contributed by atoms with Crippen molar-refractivity contribution in [1.29, 1.82) is 0 Å². The van der Waals surface area contributed by atoms with Gasteiger partial charge < -0.3 is 10.1 Å². The Morgan fingerprint density at radius 2 is 1.79 bits per heavy atom. The third-order valence-electron chi connectivity index (χ3n) is 4.39.